The fourth-order valence-corrected chi connectivity index (χ4v) is 3.34. The first-order chi connectivity index (χ1) is 10.6. The van der Waals surface area contributed by atoms with Gasteiger partial charge in [-0.3, -0.25) is 4.79 Å². The molecule has 0 amide bonds. The maximum absolute atomic E-state index is 13.4. The number of pyridine rings is 1. The molecule has 0 bridgehead atoms. The molecule has 0 aliphatic heterocycles. The minimum Gasteiger partial charge on any atom is -0.360 e. The Morgan fingerprint density at radius 1 is 1.09 bits per heavy atom. The predicted molar refractivity (Wildman–Crippen MR) is 83.1 cm³/mol. The number of nitrogens with zero attached hydrogens (tertiary/aromatic N) is 1. The lowest BCUT2D eigenvalue weighted by Gasteiger charge is -2.01. The number of H-pyrrole nitrogens is 1. The Labute approximate surface area is 126 Å². The van der Waals surface area contributed by atoms with Gasteiger partial charge < -0.3 is 4.98 Å². The monoisotopic (exact) mass is 314 g/mol. The molecule has 4 rings (SSSR count). The first-order valence-electron chi connectivity index (χ1n) is 6.50. The van der Waals surface area contributed by atoms with Crippen molar-refractivity contribution >= 4 is 32.5 Å². The zero-order valence-corrected chi connectivity index (χ0v) is 11.9. The summed E-state index contributed by atoms with van der Waals surface area (Å²) in [6.07, 6.45) is 1.49. The second-order valence-corrected chi connectivity index (χ2v) is 5.86. The second-order valence-electron chi connectivity index (χ2n) is 4.83. The summed E-state index contributed by atoms with van der Waals surface area (Å²) >= 11 is 1.38. The molecule has 1 N–H and O–H groups in total. The molecule has 0 fully saturated rings. The van der Waals surface area contributed by atoms with Gasteiger partial charge in [-0.15, -0.1) is 11.3 Å². The molecule has 0 atom stereocenters. The SMILES string of the molecule is O=c1c(-c2nc3ccccc3s2)c[nH]c2cc(F)c(F)cc12. The average Bonchev–Trinajstić information content (AvgIpc) is 2.93. The number of halogens is 2. The van der Waals surface area contributed by atoms with Gasteiger partial charge in [0.05, 0.1) is 21.3 Å². The topological polar surface area (TPSA) is 45.8 Å². The molecule has 108 valence electrons. The number of benzene rings is 2. The first-order valence-corrected chi connectivity index (χ1v) is 7.31. The van der Waals surface area contributed by atoms with Crippen molar-refractivity contribution in [3.8, 4) is 10.6 Å². The number of thiazole rings is 1. The van der Waals surface area contributed by atoms with Crippen LogP contribution in [0.4, 0.5) is 8.78 Å². The number of fused-ring (bicyclic) bond motifs is 2. The summed E-state index contributed by atoms with van der Waals surface area (Å²) in [7, 11) is 0. The van der Waals surface area contributed by atoms with E-state index in [-0.39, 0.29) is 16.3 Å². The van der Waals surface area contributed by atoms with Crippen LogP contribution in [0.3, 0.4) is 0 Å². The van der Waals surface area contributed by atoms with E-state index in [1.54, 1.807) is 0 Å². The average molecular weight is 314 g/mol. The molecule has 2 heterocycles. The van der Waals surface area contributed by atoms with E-state index in [0.717, 1.165) is 22.3 Å². The quantitative estimate of drug-likeness (QED) is 0.575. The highest BCUT2D eigenvalue weighted by Gasteiger charge is 2.14. The van der Waals surface area contributed by atoms with Gasteiger partial charge in [-0.1, -0.05) is 12.1 Å². The van der Waals surface area contributed by atoms with Crippen LogP contribution < -0.4 is 5.43 Å². The van der Waals surface area contributed by atoms with E-state index in [1.807, 2.05) is 24.3 Å². The fraction of sp³-hybridized carbons (Fsp3) is 0. The third-order valence-corrected chi connectivity index (χ3v) is 4.52. The molecule has 4 aromatic rings. The Hall–Kier alpha value is -2.60. The van der Waals surface area contributed by atoms with E-state index in [9.17, 15) is 13.6 Å². The summed E-state index contributed by atoms with van der Waals surface area (Å²) < 4.78 is 27.6. The Balaban J connectivity index is 2.00. The largest absolute Gasteiger partial charge is 0.360 e. The number of para-hydroxylation sites is 1. The summed E-state index contributed by atoms with van der Waals surface area (Å²) in [5.74, 6) is -2.03. The summed E-state index contributed by atoms with van der Waals surface area (Å²) in [5.41, 5.74) is 1.03. The van der Waals surface area contributed by atoms with Crippen LogP contribution in [0, 0.1) is 11.6 Å². The lowest BCUT2D eigenvalue weighted by molar-refractivity contribution is 0.510. The van der Waals surface area contributed by atoms with Crippen LogP contribution in [0.15, 0.2) is 47.4 Å². The Morgan fingerprint density at radius 3 is 2.68 bits per heavy atom. The number of hydrogen-bond acceptors (Lipinski definition) is 3. The van der Waals surface area contributed by atoms with Crippen LogP contribution >= 0.6 is 11.3 Å². The van der Waals surface area contributed by atoms with E-state index in [2.05, 4.69) is 9.97 Å². The molecule has 0 saturated carbocycles. The smallest absolute Gasteiger partial charge is 0.199 e. The van der Waals surface area contributed by atoms with Crippen molar-refractivity contribution in [1.29, 1.82) is 0 Å². The standard InChI is InChI=1S/C16H8F2N2OS/c17-10-5-8-13(6-11(10)18)19-7-9(15(8)21)16-20-12-3-1-2-4-14(12)22-16/h1-7H,(H,19,21). The number of aromatic nitrogens is 2. The Morgan fingerprint density at radius 2 is 1.86 bits per heavy atom. The summed E-state index contributed by atoms with van der Waals surface area (Å²) in [6, 6.07) is 9.44. The van der Waals surface area contributed by atoms with E-state index >= 15 is 0 Å². The van der Waals surface area contributed by atoms with Gasteiger partial charge in [0.2, 0.25) is 0 Å². The molecule has 22 heavy (non-hydrogen) atoms. The zero-order valence-electron chi connectivity index (χ0n) is 11.1. The van der Waals surface area contributed by atoms with Crippen LogP contribution in [0.5, 0.6) is 0 Å². The first kappa shape index (κ1) is 13.1. The van der Waals surface area contributed by atoms with Gasteiger partial charge in [-0.25, -0.2) is 13.8 Å². The molecular formula is C16H8F2N2OS. The molecular weight excluding hydrogens is 306 g/mol. The molecule has 0 spiro atoms. The Kier molecular flexibility index (Phi) is 2.80. The molecule has 2 aromatic carbocycles. The van der Waals surface area contributed by atoms with Gasteiger partial charge in [0.15, 0.2) is 17.1 Å². The summed E-state index contributed by atoms with van der Waals surface area (Å²) in [6.45, 7) is 0. The van der Waals surface area contributed by atoms with Crippen LogP contribution in [-0.2, 0) is 0 Å². The van der Waals surface area contributed by atoms with Gasteiger partial charge in [0.1, 0.15) is 5.01 Å². The van der Waals surface area contributed by atoms with Crippen LogP contribution in [-0.4, -0.2) is 9.97 Å². The van der Waals surface area contributed by atoms with Gasteiger partial charge in [-0.2, -0.15) is 0 Å². The van der Waals surface area contributed by atoms with Crippen LogP contribution in [0.2, 0.25) is 0 Å². The molecule has 0 aliphatic rings. The van der Waals surface area contributed by atoms with Crippen molar-refractivity contribution in [2.24, 2.45) is 0 Å². The number of hydrogen-bond donors (Lipinski definition) is 1. The zero-order chi connectivity index (χ0) is 15.3. The highest BCUT2D eigenvalue weighted by atomic mass is 32.1. The maximum Gasteiger partial charge on any atom is 0.199 e. The van der Waals surface area contributed by atoms with E-state index < -0.39 is 11.6 Å². The molecule has 0 unspecified atom stereocenters. The van der Waals surface area contributed by atoms with Gasteiger partial charge in [-0.05, 0) is 18.2 Å². The number of rotatable bonds is 1. The van der Waals surface area contributed by atoms with Gasteiger partial charge in [0, 0.05) is 17.6 Å². The normalized spacial score (nSPS) is 11.4. The molecule has 0 saturated heterocycles. The summed E-state index contributed by atoms with van der Waals surface area (Å²) in [4.78, 5) is 19.8. The van der Waals surface area contributed by atoms with Crippen LogP contribution in [0.1, 0.15) is 0 Å². The fourth-order valence-electron chi connectivity index (χ4n) is 2.36. The lowest BCUT2D eigenvalue weighted by Crippen LogP contribution is -2.07. The van der Waals surface area contributed by atoms with E-state index in [0.29, 0.717) is 10.6 Å². The summed E-state index contributed by atoms with van der Waals surface area (Å²) in [5, 5.41) is 0.657. The van der Waals surface area contributed by atoms with Crippen molar-refractivity contribution in [2.45, 2.75) is 0 Å². The maximum atomic E-state index is 13.4. The highest BCUT2D eigenvalue weighted by Crippen LogP contribution is 2.28. The molecule has 2 aromatic heterocycles. The lowest BCUT2D eigenvalue weighted by atomic mass is 10.1. The van der Waals surface area contributed by atoms with Crippen molar-refractivity contribution in [3.63, 3.8) is 0 Å². The molecule has 3 nitrogen and oxygen atoms in total. The predicted octanol–water partition coefficient (Wildman–Crippen LogP) is 4.08. The third kappa shape index (κ3) is 1.92. The van der Waals surface area contributed by atoms with Crippen molar-refractivity contribution in [2.75, 3.05) is 0 Å². The van der Waals surface area contributed by atoms with E-state index in [4.69, 9.17) is 0 Å². The van der Waals surface area contributed by atoms with Gasteiger partial charge in [0.25, 0.3) is 0 Å². The number of nitrogens with one attached hydrogen (secondary N) is 1. The minimum absolute atomic E-state index is 0.107. The molecule has 0 radical (unpaired) electrons. The molecule has 0 aliphatic carbocycles. The number of aromatic amines is 1. The van der Waals surface area contributed by atoms with Crippen molar-refractivity contribution < 1.29 is 8.78 Å². The van der Waals surface area contributed by atoms with Gasteiger partial charge >= 0.3 is 0 Å². The minimum atomic E-state index is -1.04. The third-order valence-electron chi connectivity index (χ3n) is 3.45. The Bertz CT molecular complexity index is 1050. The molecule has 6 heteroatoms. The van der Waals surface area contributed by atoms with Crippen molar-refractivity contribution in [1.82, 2.24) is 9.97 Å². The highest BCUT2D eigenvalue weighted by molar-refractivity contribution is 7.21. The van der Waals surface area contributed by atoms with E-state index in [1.165, 1.54) is 17.5 Å². The van der Waals surface area contributed by atoms with Crippen molar-refractivity contribution in [3.05, 3.63) is 64.5 Å². The van der Waals surface area contributed by atoms with Crippen LogP contribution in [0.25, 0.3) is 31.7 Å². The second kappa shape index (κ2) is 4.71.